The molecule has 0 unspecified atom stereocenters. The second-order valence-corrected chi connectivity index (χ2v) is 10.7. The van der Waals surface area contributed by atoms with Gasteiger partial charge in [-0.25, -0.2) is 9.97 Å². The number of carbonyl (C=O) groups excluding carboxylic acids is 1. The predicted molar refractivity (Wildman–Crippen MR) is 148 cm³/mol. The number of carbonyl (C=O) groups is 1. The van der Waals surface area contributed by atoms with E-state index in [0.29, 0.717) is 5.56 Å². The van der Waals surface area contributed by atoms with Gasteiger partial charge in [0, 0.05) is 66.3 Å². The molecular weight excluding hydrogens is 462 g/mol. The topological polar surface area (TPSA) is 87.1 Å². The molecule has 190 valence electrons. The minimum atomic E-state index is -0.107. The summed E-state index contributed by atoms with van der Waals surface area (Å²) in [5.41, 5.74) is 3.05. The number of pyridine rings is 2. The predicted octanol–water partition coefficient (Wildman–Crippen LogP) is 4.47. The summed E-state index contributed by atoms with van der Waals surface area (Å²) in [6.07, 6.45) is 7.29. The van der Waals surface area contributed by atoms with Gasteiger partial charge in [-0.15, -0.1) is 0 Å². The number of Topliss-reactive ketones (excluding diaryl/α,β-unsaturated/α-hetero) is 1. The van der Waals surface area contributed by atoms with E-state index >= 15 is 0 Å². The van der Waals surface area contributed by atoms with E-state index in [9.17, 15) is 4.79 Å². The lowest BCUT2D eigenvalue weighted by Gasteiger charge is -2.33. The van der Waals surface area contributed by atoms with E-state index in [1.54, 1.807) is 24.7 Å². The van der Waals surface area contributed by atoms with Crippen molar-refractivity contribution in [3.8, 4) is 11.3 Å². The molecule has 4 heterocycles. The molecular formula is C29H33N7O. The summed E-state index contributed by atoms with van der Waals surface area (Å²) in [6.45, 7) is 10.1. The molecule has 4 aromatic rings. The largest absolute Gasteiger partial charge is 0.364 e. The molecule has 0 amide bonds. The first-order valence-corrected chi connectivity index (χ1v) is 12.7. The number of rotatable bonds is 6. The van der Waals surface area contributed by atoms with Crippen molar-refractivity contribution in [3.63, 3.8) is 0 Å². The van der Waals surface area contributed by atoms with E-state index < -0.39 is 0 Å². The van der Waals surface area contributed by atoms with Crippen LogP contribution in [0.5, 0.6) is 0 Å². The Morgan fingerprint density at radius 1 is 0.946 bits per heavy atom. The molecule has 0 spiro atoms. The first-order valence-electron chi connectivity index (χ1n) is 12.7. The van der Waals surface area contributed by atoms with Crippen LogP contribution in [0, 0.1) is 0 Å². The van der Waals surface area contributed by atoms with Crippen molar-refractivity contribution in [1.82, 2.24) is 24.8 Å². The number of hydrogen-bond donors (Lipinski definition) is 1. The van der Waals surface area contributed by atoms with Gasteiger partial charge in [-0.1, -0.05) is 12.1 Å². The maximum absolute atomic E-state index is 13.2. The van der Waals surface area contributed by atoms with E-state index in [2.05, 4.69) is 64.0 Å². The van der Waals surface area contributed by atoms with Crippen LogP contribution in [0.3, 0.4) is 0 Å². The van der Waals surface area contributed by atoms with E-state index in [0.717, 1.165) is 65.5 Å². The molecule has 8 heteroatoms. The van der Waals surface area contributed by atoms with Crippen LogP contribution in [0.2, 0.25) is 0 Å². The maximum atomic E-state index is 13.2. The highest BCUT2D eigenvalue weighted by Crippen LogP contribution is 2.25. The molecule has 0 radical (unpaired) electrons. The molecule has 8 nitrogen and oxygen atoms in total. The molecule has 0 bridgehead atoms. The smallest absolute Gasteiger partial charge is 0.169 e. The van der Waals surface area contributed by atoms with Crippen molar-refractivity contribution in [2.45, 2.75) is 32.7 Å². The number of benzene rings is 1. The molecule has 1 N–H and O–H groups in total. The van der Waals surface area contributed by atoms with Crippen molar-refractivity contribution in [1.29, 1.82) is 0 Å². The number of piperazine rings is 1. The SMILES string of the molecule is CN1CCN(c2cc(C(=O)Cc3cc4cc(-c5cncc(NC(C)(C)C)n5)ccc4cn3)ccn2)CC1. The lowest BCUT2D eigenvalue weighted by atomic mass is 10.0. The van der Waals surface area contributed by atoms with Crippen LogP contribution in [0.25, 0.3) is 22.0 Å². The van der Waals surface area contributed by atoms with Gasteiger partial charge < -0.3 is 15.1 Å². The number of nitrogens with zero attached hydrogens (tertiary/aromatic N) is 6. The number of ketones is 1. The van der Waals surface area contributed by atoms with Crippen LogP contribution in [0.4, 0.5) is 11.6 Å². The number of fused-ring (bicyclic) bond motifs is 1. The minimum Gasteiger partial charge on any atom is -0.364 e. The molecule has 5 rings (SSSR count). The van der Waals surface area contributed by atoms with Gasteiger partial charge in [-0.05, 0) is 57.5 Å². The molecule has 37 heavy (non-hydrogen) atoms. The Balaban J connectivity index is 1.35. The zero-order valence-corrected chi connectivity index (χ0v) is 21.9. The summed E-state index contributed by atoms with van der Waals surface area (Å²) in [5, 5.41) is 5.40. The summed E-state index contributed by atoms with van der Waals surface area (Å²) < 4.78 is 0. The number of anilines is 2. The van der Waals surface area contributed by atoms with Crippen molar-refractivity contribution in [3.05, 3.63) is 72.4 Å². The van der Waals surface area contributed by atoms with Gasteiger partial charge in [-0.2, -0.15) is 0 Å². The van der Waals surface area contributed by atoms with Crippen LogP contribution in [0.15, 0.2) is 61.2 Å². The molecule has 1 fully saturated rings. The van der Waals surface area contributed by atoms with Crippen molar-refractivity contribution in [2.75, 3.05) is 43.4 Å². The van der Waals surface area contributed by atoms with Gasteiger partial charge in [0.05, 0.1) is 24.5 Å². The minimum absolute atomic E-state index is 0.0348. The molecule has 3 aromatic heterocycles. The van der Waals surface area contributed by atoms with Gasteiger partial charge in [0.2, 0.25) is 0 Å². The Kier molecular flexibility index (Phi) is 6.84. The summed E-state index contributed by atoms with van der Waals surface area (Å²) in [4.78, 5) is 35.9. The second-order valence-electron chi connectivity index (χ2n) is 10.7. The highest BCUT2D eigenvalue weighted by molar-refractivity contribution is 5.98. The monoisotopic (exact) mass is 495 g/mol. The molecule has 1 aliphatic heterocycles. The van der Waals surface area contributed by atoms with Gasteiger partial charge in [0.25, 0.3) is 0 Å². The summed E-state index contributed by atoms with van der Waals surface area (Å²) >= 11 is 0. The fourth-order valence-corrected chi connectivity index (χ4v) is 4.46. The number of likely N-dealkylation sites (N-methyl/N-ethyl adjacent to an activating group) is 1. The van der Waals surface area contributed by atoms with Crippen molar-refractivity contribution in [2.24, 2.45) is 0 Å². The molecule has 0 aliphatic carbocycles. The summed E-state index contributed by atoms with van der Waals surface area (Å²) in [7, 11) is 2.12. The van der Waals surface area contributed by atoms with Crippen LogP contribution in [-0.4, -0.2) is 69.4 Å². The lowest BCUT2D eigenvalue weighted by molar-refractivity contribution is 0.0992. The quantitative estimate of drug-likeness (QED) is 0.392. The van der Waals surface area contributed by atoms with E-state index in [-0.39, 0.29) is 17.7 Å². The van der Waals surface area contributed by atoms with Crippen LogP contribution >= 0.6 is 0 Å². The van der Waals surface area contributed by atoms with E-state index in [1.807, 2.05) is 30.5 Å². The Labute approximate surface area is 217 Å². The Morgan fingerprint density at radius 2 is 1.76 bits per heavy atom. The average Bonchev–Trinajstić information content (AvgIpc) is 2.88. The fourth-order valence-electron chi connectivity index (χ4n) is 4.46. The molecule has 1 saturated heterocycles. The maximum Gasteiger partial charge on any atom is 0.169 e. The molecule has 0 saturated carbocycles. The van der Waals surface area contributed by atoms with E-state index in [4.69, 9.17) is 4.98 Å². The first-order chi connectivity index (χ1) is 17.7. The van der Waals surface area contributed by atoms with Crippen molar-refractivity contribution >= 4 is 28.2 Å². The van der Waals surface area contributed by atoms with Crippen molar-refractivity contribution < 1.29 is 4.79 Å². The molecule has 0 atom stereocenters. The zero-order valence-electron chi connectivity index (χ0n) is 21.9. The third-order valence-electron chi connectivity index (χ3n) is 6.45. The standard InChI is InChI=1S/C29H33N7O/c1-29(2,3)34-27-19-30-18-25(33-27)20-5-6-22-17-32-24(14-23(22)13-20)16-26(37)21-7-8-31-28(15-21)36-11-9-35(4)10-12-36/h5-8,13-15,17-19H,9-12,16H2,1-4H3,(H,33,34). The summed E-state index contributed by atoms with van der Waals surface area (Å²) in [5.74, 6) is 1.63. The van der Waals surface area contributed by atoms with Gasteiger partial charge in [0.1, 0.15) is 11.6 Å². The first kappa shape index (κ1) is 24.8. The Bertz CT molecular complexity index is 1420. The van der Waals surface area contributed by atoms with E-state index in [1.165, 1.54) is 0 Å². The van der Waals surface area contributed by atoms with Gasteiger partial charge in [-0.3, -0.25) is 14.8 Å². The Hall–Kier alpha value is -3.91. The number of nitrogens with one attached hydrogen (secondary N) is 1. The van der Waals surface area contributed by atoms with Crippen LogP contribution in [-0.2, 0) is 6.42 Å². The normalized spacial score (nSPS) is 14.6. The van der Waals surface area contributed by atoms with Crippen LogP contribution < -0.4 is 10.2 Å². The Morgan fingerprint density at radius 3 is 2.54 bits per heavy atom. The third-order valence-corrected chi connectivity index (χ3v) is 6.45. The van der Waals surface area contributed by atoms with Gasteiger partial charge in [0.15, 0.2) is 5.78 Å². The van der Waals surface area contributed by atoms with Gasteiger partial charge >= 0.3 is 0 Å². The third kappa shape index (κ3) is 6.09. The highest BCUT2D eigenvalue weighted by Gasteiger charge is 2.17. The lowest BCUT2D eigenvalue weighted by Crippen LogP contribution is -2.44. The highest BCUT2D eigenvalue weighted by atomic mass is 16.1. The average molecular weight is 496 g/mol. The second kappa shape index (κ2) is 10.2. The molecule has 1 aromatic carbocycles. The number of aromatic nitrogens is 4. The van der Waals surface area contributed by atoms with Crippen LogP contribution in [0.1, 0.15) is 36.8 Å². The zero-order chi connectivity index (χ0) is 26.0. The number of hydrogen-bond acceptors (Lipinski definition) is 8. The summed E-state index contributed by atoms with van der Waals surface area (Å²) in [6, 6.07) is 11.8. The molecule has 1 aliphatic rings. The fraction of sp³-hybridized carbons (Fsp3) is 0.345.